The van der Waals surface area contributed by atoms with Gasteiger partial charge < -0.3 is 10.4 Å². The summed E-state index contributed by atoms with van der Waals surface area (Å²) in [6, 6.07) is 18.8. The van der Waals surface area contributed by atoms with E-state index < -0.39 is 17.7 Å². The van der Waals surface area contributed by atoms with Gasteiger partial charge in [0, 0.05) is 13.1 Å². The lowest BCUT2D eigenvalue weighted by Crippen LogP contribution is -2.58. The number of benzene rings is 2. The lowest BCUT2D eigenvalue weighted by Gasteiger charge is -2.38. The minimum atomic E-state index is -0.893. The second-order valence-electron chi connectivity index (χ2n) is 7.65. The molecular formula is C22H25N3O3. The van der Waals surface area contributed by atoms with Crippen molar-refractivity contribution in [3.63, 3.8) is 0 Å². The Bertz CT molecular complexity index is 843. The minimum absolute atomic E-state index is 0.0326. The molecule has 2 aromatic rings. The van der Waals surface area contributed by atoms with Gasteiger partial charge in [-0.15, -0.1) is 0 Å². The monoisotopic (exact) mass is 379 g/mol. The maximum absolute atomic E-state index is 13.2. The Balaban J connectivity index is 1.46. The molecule has 2 N–H and O–H groups in total. The Morgan fingerprint density at radius 2 is 1.71 bits per heavy atom. The number of nitrogens with zero attached hydrogens (tertiary/aromatic N) is 2. The quantitative estimate of drug-likeness (QED) is 0.782. The number of carbonyl (C=O) groups excluding carboxylic acids is 2. The molecule has 146 valence electrons. The first-order valence-corrected chi connectivity index (χ1v) is 9.71. The van der Waals surface area contributed by atoms with Crippen molar-refractivity contribution in [2.45, 2.75) is 31.0 Å². The SMILES string of the molecule is O=C1NC2(CCCN(Cc3ccccc3)C2)C(=O)N1CC(O)c1ccccc1. The van der Waals surface area contributed by atoms with Crippen LogP contribution in [-0.4, -0.2) is 52.0 Å². The van der Waals surface area contributed by atoms with Crippen LogP contribution in [0.1, 0.15) is 30.1 Å². The molecule has 3 amide bonds. The normalized spacial score (nSPS) is 23.8. The summed E-state index contributed by atoms with van der Waals surface area (Å²) in [7, 11) is 0. The Morgan fingerprint density at radius 3 is 2.43 bits per heavy atom. The fraction of sp³-hybridized carbons (Fsp3) is 0.364. The first-order valence-electron chi connectivity index (χ1n) is 9.71. The number of nitrogens with one attached hydrogen (secondary N) is 1. The van der Waals surface area contributed by atoms with Gasteiger partial charge in [-0.05, 0) is 30.5 Å². The molecule has 2 aliphatic heterocycles. The van der Waals surface area contributed by atoms with E-state index in [1.165, 1.54) is 10.5 Å². The molecule has 1 spiro atoms. The van der Waals surface area contributed by atoms with E-state index in [1.54, 1.807) is 12.1 Å². The number of carbonyl (C=O) groups is 2. The largest absolute Gasteiger partial charge is 0.387 e. The molecular weight excluding hydrogens is 354 g/mol. The van der Waals surface area contributed by atoms with Gasteiger partial charge in [0.25, 0.3) is 5.91 Å². The number of likely N-dealkylation sites (tertiary alicyclic amines) is 1. The van der Waals surface area contributed by atoms with Crippen molar-refractivity contribution < 1.29 is 14.7 Å². The fourth-order valence-electron chi connectivity index (χ4n) is 4.19. The molecule has 0 aromatic heterocycles. The van der Waals surface area contributed by atoms with Crippen LogP contribution >= 0.6 is 0 Å². The highest BCUT2D eigenvalue weighted by Gasteiger charge is 2.53. The number of hydrogen-bond acceptors (Lipinski definition) is 4. The second kappa shape index (κ2) is 7.73. The standard InChI is InChI=1S/C22H25N3O3/c26-19(18-10-5-2-6-11-18)15-25-20(27)22(23-21(25)28)12-7-13-24(16-22)14-17-8-3-1-4-9-17/h1-6,8-11,19,26H,7,12-16H2,(H,23,28). The van der Waals surface area contributed by atoms with Crippen molar-refractivity contribution in [1.82, 2.24) is 15.1 Å². The maximum Gasteiger partial charge on any atom is 0.325 e. The number of piperidine rings is 1. The number of rotatable bonds is 5. The number of urea groups is 1. The first kappa shape index (κ1) is 18.7. The van der Waals surface area contributed by atoms with E-state index in [0.29, 0.717) is 18.5 Å². The molecule has 28 heavy (non-hydrogen) atoms. The minimum Gasteiger partial charge on any atom is -0.387 e. The lowest BCUT2D eigenvalue weighted by molar-refractivity contribution is -0.134. The van der Waals surface area contributed by atoms with Gasteiger partial charge in [-0.25, -0.2) is 4.79 Å². The van der Waals surface area contributed by atoms with Crippen molar-refractivity contribution in [3.05, 3.63) is 71.8 Å². The zero-order chi connectivity index (χ0) is 19.6. The highest BCUT2D eigenvalue weighted by molar-refractivity contribution is 6.07. The van der Waals surface area contributed by atoms with Gasteiger partial charge in [0.2, 0.25) is 0 Å². The van der Waals surface area contributed by atoms with Crippen LogP contribution in [0.5, 0.6) is 0 Å². The van der Waals surface area contributed by atoms with Gasteiger partial charge in [0.05, 0.1) is 12.6 Å². The molecule has 2 atom stereocenters. The summed E-state index contributed by atoms with van der Waals surface area (Å²) >= 11 is 0. The summed E-state index contributed by atoms with van der Waals surface area (Å²) in [5.74, 6) is -0.231. The molecule has 0 saturated carbocycles. The van der Waals surface area contributed by atoms with Gasteiger partial charge >= 0.3 is 6.03 Å². The van der Waals surface area contributed by atoms with Crippen LogP contribution in [0.2, 0.25) is 0 Å². The van der Waals surface area contributed by atoms with Gasteiger partial charge in [0.15, 0.2) is 0 Å². The second-order valence-corrected chi connectivity index (χ2v) is 7.65. The van der Waals surface area contributed by atoms with E-state index in [-0.39, 0.29) is 12.5 Å². The summed E-state index contributed by atoms with van der Waals surface area (Å²) in [6.45, 7) is 2.10. The third kappa shape index (κ3) is 3.66. The lowest BCUT2D eigenvalue weighted by atomic mass is 9.88. The van der Waals surface area contributed by atoms with Crippen LogP contribution in [0.4, 0.5) is 4.79 Å². The number of aliphatic hydroxyl groups excluding tert-OH is 1. The molecule has 4 rings (SSSR count). The van der Waals surface area contributed by atoms with Crippen molar-refractivity contribution in [3.8, 4) is 0 Å². The fourth-order valence-corrected chi connectivity index (χ4v) is 4.19. The number of aliphatic hydroxyl groups is 1. The van der Waals surface area contributed by atoms with Crippen molar-refractivity contribution >= 4 is 11.9 Å². The Morgan fingerprint density at radius 1 is 1.04 bits per heavy atom. The highest BCUT2D eigenvalue weighted by atomic mass is 16.3. The van der Waals surface area contributed by atoms with E-state index in [0.717, 1.165) is 19.5 Å². The van der Waals surface area contributed by atoms with Crippen LogP contribution in [-0.2, 0) is 11.3 Å². The van der Waals surface area contributed by atoms with E-state index >= 15 is 0 Å². The predicted octanol–water partition coefficient (Wildman–Crippen LogP) is 2.31. The van der Waals surface area contributed by atoms with Gasteiger partial charge in [-0.1, -0.05) is 60.7 Å². The summed E-state index contributed by atoms with van der Waals surface area (Å²) in [4.78, 5) is 29.1. The number of β-amino-alcohol motifs (C(OH)–C–C–N with tert-alkyl or cyclic N) is 1. The molecule has 2 aromatic carbocycles. The molecule has 2 heterocycles. The van der Waals surface area contributed by atoms with Gasteiger partial charge in [-0.3, -0.25) is 14.6 Å². The van der Waals surface area contributed by atoms with E-state index in [4.69, 9.17) is 0 Å². The zero-order valence-electron chi connectivity index (χ0n) is 15.8. The summed E-state index contributed by atoms with van der Waals surface area (Å²) < 4.78 is 0. The molecule has 2 saturated heterocycles. The Labute approximate surface area is 164 Å². The average molecular weight is 379 g/mol. The third-order valence-corrected chi connectivity index (χ3v) is 5.61. The average Bonchev–Trinajstić information content (AvgIpc) is 2.93. The molecule has 0 bridgehead atoms. The Kier molecular flexibility index (Phi) is 5.15. The molecule has 2 fully saturated rings. The Hall–Kier alpha value is -2.70. The van der Waals surface area contributed by atoms with Crippen LogP contribution in [0, 0.1) is 0 Å². The van der Waals surface area contributed by atoms with Crippen molar-refractivity contribution in [2.24, 2.45) is 0 Å². The van der Waals surface area contributed by atoms with E-state index in [1.807, 2.05) is 36.4 Å². The summed E-state index contributed by atoms with van der Waals surface area (Å²) in [6.07, 6.45) is 0.574. The van der Waals surface area contributed by atoms with Crippen LogP contribution in [0.15, 0.2) is 60.7 Å². The molecule has 6 nitrogen and oxygen atoms in total. The topological polar surface area (TPSA) is 72.9 Å². The third-order valence-electron chi connectivity index (χ3n) is 5.61. The number of imide groups is 1. The maximum atomic E-state index is 13.2. The van der Waals surface area contributed by atoms with Crippen molar-refractivity contribution in [1.29, 1.82) is 0 Å². The molecule has 0 aliphatic carbocycles. The molecule has 0 radical (unpaired) electrons. The molecule has 2 unspecified atom stereocenters. The smallest absolute Gasteiger partial charge is 0.325 e. The van der Waals surface area contributed by atoms with Crippen LogP contribution < -0.4 is 5.32 Å². The van der Waals surface area contributed by atoms with E-state index in [2.05, 4.69) is 22.3 Å². The number of amides is 3. The highest BCUT2D eigenvalue weighted by Crippen LogP contribution is 2.30. The van der Waals surface area contributed by atoms with Crippen molar-refractivity contribution in [2.75, 3.05) is 19.6 Å². The van der Waals surface area contributed by atoms with Gasteiger partial charge in [-0.2, -0.15) is 0 Å². The molecule has 6 heteroatoms. The van der Waals surface area contributed by atoms with Crippen LogP contribution in [0.25, 0.3) is 0 Å². The van der Waals surface area contributed by atoms with Crippen LogP contribution in [0.3, 0.4) is 0 Å². The van der Waals surface area contributed by atoms with E-state index in [9.17, 15) is 14.7 Å². The number of hydrogen-bond donors (Lipinski definition) is 2. The van der Waals surface area contributed by atoms with Gasteiger partial charge in [0.1, 0.15) is 5.54 Å². The summed E-state index contributed by atoms with van der Waals surface area (Å²) in [5, 5.41) is 13.4. The molecule has 2 aliphatic rings. The zero-order valence-corrected chi connectivity index (χ0v) is 15.8. The first-order chi connectivity index (χ1) is 13.6. The predicted molar refractivity (Wildman–Crippen MR) is 105 cm³/mol. The summed E-state index contributed by atoms with van der Waals surface area (Å²) in [5.41, 5.74) is 0.992.